The van der Waals surface area contributed by atoms with Crippen molar-refractivity contribution in [1.82, 2.24) is 29.6 Å². The van der Waals surface area contributed by atoms with E-state index in [-0.39, 0.29) is 30.4 Å². The van der Waals surface area contributed by atoms with Crippen LogP contribution in [-0.2, 0) is 13.1 Å². The van der Waals surface area contributed by atoms with Crippen molar-refractivity contribution in [1.29, 1.82) is 0 Å². The molecule has 1 N–H and O–H groups in total. The minimum absolute atomic E-state index is 0.0361. The van der Waals surface area contributed by atoms with Crippen molar-refractivity contribution in [2.75, 3.05) is 6.54 Å². The molecule has 0 saturated carbocycles. The largest absolute Gasteiger partial charge is 0.432 e. The van der Waals surface area contributed by atoms with E-state index in [1.807, 2.05) is 30.3 Å². The maximum atomic E-state index is 13.1. The molecule has 3 aromatic heterocycles. The molecule has 5 aromatic rings. The molecule has 1 amide bonds. The van der Waals surface area contributed by atoms with E-state index < -0.39 is 5.91 Å². The number of fused-ring (bicyclic) bond motifs is 1. The second kappa shape index (κ2) is 9.10. The monoisotopic (exact) mass is 458 g/mol. The van der Waals surface area contributed by atoms with Crippen LogP contribution < -0.4 is 10.9 Å². The van der Waals surface area contributed by atoms with E-state index in [2.05, 4.69) is 20.4 Å². The summed E-state index contributed by atoms with van der Waals surface area (Å²) >= 11 is 0. The van der Waals surface area contributed by atoms with E-state index >= 15 is 0 Å². The molecule has 3 heterocycles. The van der Waals surface area contributed by atoms with Crippen LogP contribution >= 0.6 is 0 Å². The van der Waals surface area contributed by atoms with Crippen molar-refractivity contribution in [2.45, 2.75) is 13.1 Å². The van der Waals surface area contributed by atoms with Gasteiger partial charge in [-0.15, -0.1) is 0 Å². The molecule has 0 atom stereocenters. The number of hydrogen-bond acceptors (Lipinski definition) is 6. The fourth-order valence-electron chi connectivity index (χ4n) is 3.53. The highest BCUT2D eigenvalue weighted by Crippen LogP contribution is 2.19. The van der Waals surface area contributed by atoms with Crippen molar-refractivity contribution in [2.24, 2.45) is 0 Å². The average molecular weight is 458 g/mol. The van der Waals surface area contributed by atoms with Gasteiger partial charge in [-0.1, -0.05) is 42.5 Å². The minimum Gasteiger partial charge on any atom is -0.432 e. The Labute approximate surface area is 192 Å². The van der Waals surface area contributed by atoms with E-state index in [0.717, 1.165) is 11.1 Å². The maximum absolute atomic E-state index is 13.1. The minimum atomic E-state index is -0.451. The lowest BCUT2D eigenvalue weighted by atomic mass is 10.2. The van der Waals surface area contributed by atoms with Gasteiger partial charge >= 0.3 is 5.91 Å². The molecule has 0 unspecified atom stereocenters. The first-order valence-electron chi connectivity index (χ1n) is 10.5. The zero-order valence-corrected chi connectivity index (χ0v) is 17.9. The smallest absolute Gasteiger partial charge is 0.307 e. The number of carbonyl (C=O) groups is 1. The number of nitrogens with one attached hydrogen (secondary N) is 1. The second-order valence-electron chi connectivity index (χ2n) is 7.56. The predicted molar refractivity (Wildman–Crippen MR) is 122 cm³/mol. The molecule has 9 nitrogen and oxygen atoms in total. The number of carbonyl (C=O) groups excluding carboxylic acids is 1. The third-order valence-electron chi connectivity index (χ3n) is 5.26. The lowest BCUT2D eigenvalue weighted by Gasteiger charge is -2.07. The highest BCUT2D eigenvalue weighted by atomic mass is 19.1. The Morgan fingerprint density at radius 1 is 1.03 bits per heavy atom. The summed E-state index contributed by atoms with van der Waals surface area (Å²) < 4.78 is 21.6. The Morgan fingerprint density at radius 3 is 2.62 bits per heavy atom. The fraction of sp³-hybridized carbons (Fsp3) is 0.125. The van der Waals surface area contributed by atoms with Crippen molar-refractivity contribution >= 4 is 16.9 Å². The summed E-state index contributed by atoms with van der Waals surface area (Å²) in [6.45, 7) is 0.805. The normalized spacial score (nSPS) is 11.1. The van der Waals surface area contributed by atoms with Gasteiger partial charge in [0.2, 0.25) is 0 Å². The molecule has 0 fully saturated rings. The Hall–Kier alpha value is -4.60. The Morgan fingerprint density at radius 2 is 1.82 bits per heavy atom. The summed E-state index contributed by atoms with van der Waals surface area (Å²) in [5.41, 5.74) is 1.77. The van der Waals surface area contributed by atoms with Crippen LogP contribution in [0.5, 0.6) is 0 Å². The molecule has 0 radical (unpaired) electrons. The van der Waals surface area contributed by atoms with Crippen molar-refractivity contribution in [3.8, 4) is 11.3 Å². The number of oxazole rings is 1. The number of aromatic nitrogens is 5. The van der Waals surface area contributed by atoms with Crippen molar-refractivity contribution < 1.29 is 13.6 Å². The lowest BCUT2D eigenvalue weighted by Crippen LogP contribution is -2.28. The first kappa shape index (κ1) is 21.3. The van der Waals surface area contributed by atoms with Crippen LogP contribution in [0.4, 0.5) is 4.39 Å². The second-order valence-corrected chi connectivity index (χ2v) is 7.56. The molecular formula is C24H19FN6O3. The van der Waals surface area contributed by atoms with Crippen LogP contribution in [0.15, 0.2) is 82.5 Å². The number of rotatable bonds is 7. The van der Waals surface area contributed by atoms with Crippen molar-refractivity contribution in [3.63, 3.8) is 0 Å². The number of amides is 1. The van der Waals surface area contributed by atoms with Gasteiger partial charge in [0.15, 0.2) is 11.4 Å². The number of hydrogen-bond donors (Lipinski definition) is 1. The summed E-state index contributed by atoms with van der Waals surface area (Å²) in [5.74, 6) is -0.318. The molecule has 0 bridgehead atoms. The van der Waals surface area contributed by atoms with Crippen LogP contribution in [-0.4, -0.2) is 36.8 Å². The van der Waals surface area contributed by atoms with E-state index in [1.54, 1.807) is 16.8 Å². The Bertz CT molecular complexity index is 1510. The number of halogens is 1. The van der Waals surface area contributed by atoms with Gasteiger partial charge in [0.25, 0.3) is 11.4 Å². The molecule has 5 rings (SSSR count). The van der Waals surface area contributed by atoms with Gasteiger partial charge in [-0.25, -0.2) is 19.0 Å². The summed E-state index contributed by atoms with van der Waals surface area (Å²) in [6.07, 6.45) is 4.39. The van der Waals surface area contributed by atoms with Gasteiger partial charge in [-0.05, 0) is 17.7 Å². The fourth-order valence-corrected chi connectivity index (χ4v) is 3.53. The molecule has 0 aliphatic heterocycles. The van der Waals surface area contributed by atoms with Gasteiger partial charge in [-0.2, -0.15) is 5.10 Å². The van der Waals surface area contributed by atoms with Crippen LogP contribution in [0.25, 0.3) is 22.4 Å². The zero-order chi connectivity index (χ0) is 23.5. The van der Waals surface area contributed by atoms with Crippen LogP contribution in [0.2, 0.25) is 0 Å². The van der Waals surface area contributed by atoms with Crippen LogP contribution in [0, 0.1) is 5.82 Å². The van der Waals surface area contributed by atoms with Crippen molar-refractivity contribution in [3.05, 3.63) is 101 Å². The summed E-state index contributed by atoms with van der Waals surface area (Å²) in [5, 5.41) is 7.32. The van der Waals surface area contributed by atoms with Gasteiger partial charge in [0.1, 0.15) is 17.5 Å². The third kappa shape index (κ3) is 4.33. The van der Waals surface area contributed by atoms with E-state index in [4.69, 9.17) is 4.42 Å². The zero-order valence-electron chi connectivity index (χ0n) is 17.9. The molecule has 2 aromatic carbocycles. The maximum Gasteiger partial charge on any atom is 0.307 e. The summed E-state index contributed by atoms with van der Waals surface area (Å²) in [6, 6.07) is 15.3. The first-order valence-corrected chi connectivity index (χ1v) is 10.5. The van der Waals surface area contributed by atoms with E-state index in [0.29, 0.717) is 23.3 Å². The molecular weight excluding hydrogens is 439 g/mol. The molecule has 170 valence electrons. The third-order valence-corrected chi connectivity index (χ3v) is 5.26. The highest BCUT2D eigenvalue weighted by Gasteiger charge is 2.15. The molecule has 0 saturated heterocycles. The summed E-state index contributed by atoms with van der Waals surface area (Å²) in [4.78, 5) is 33.6. The van der Waals surface area contributed by atoms with Gasteiger partial charge in [-0.3, -0.25) is 14.2 Å². The van der Waals surface area contributed by atoms with E-state index in [9.17, 15) is 14.0 Å². The standard InChI is InChI=1S/C24H19FN6O3/c25-18-8-6-16(7-9-18)14-30-15-28-21-19(24(30)33)12-29-31(21)11-10-26-22(32)23-27-13-20(34-23)17-4-2-1-3-5-17/h1-9,12-13,15H,10-11,14H2,(H,26,32). The quantitative estimate of drug-likeness (QED) is 0.402. The molecule has 0 aliphatic carbocycles. The Balaban J connectivity index is 1.24. The molecule has 10 heteroatoms. The first-order chi connectivity index (χ1) is 16.6. The molecule has 34 heavy (non-hydrogen) atoms. The van der Waals surface area contributed by atoms with Crippen LogP contribution in [0.3, 0.4) is 0 Å². The molecule has 0 spiro atoms. The van der Waals surface area contributed by atoms with Gasteiger partial charge < -0.3 is 9.73 Å². The topological polar surface area (TPSA) is 108 Å². The van der Waals surface area contributed by atoms with Crippen LogP contribution in [0.1, 0.15) is 16.2 Å². The predicted octanol–water partition coefficient (Wildman–Crippen LogP) is 2.87. The SMILES string of the molecule is O=C(NCCn1ncc2c(=O)n(Cc3ccc(F)cc3)cnc21)c1ncc(-c2ccccc2)o1. The lowest BCUT2D eigenvalue weighted by molar-refractivity contribution is 0.0918. The Kier molecular flexibility index (Phi) is 5.69. The van der Waals surface area contributed by atoms with Gasteiger partial charge in [0, 0.05) is 12.1 Å². The molecule has 0 aliphatic rings. The van der Waals surface area contributed by atoms with Gasteiger partial charge in [0.05, 0.1) is 25.5 Å². The number of nitrogens with zero attached hydrogens (tertiary/aromatic N) is 5. The number of benzene rings is 2. The average Bonchev–Trinajstić information content (AvgIpc) is 3.51. The summed E-state index contributed by atoms with van der Waals surface area (Å²) in [7, 11) is 0. The highest BCUT2D eigenvalue weighted by molar-refractivity contribution is 5.90. The van der Waals surface area contributed by atoms with E-state index in [1.165, 1.54) is 35.4 Å².